The number of fused-ring (bicyclic) bond motifs is 2. The lowest BCUT2D eigenvalue weighted by molar-refractivity contribution is -0.120. The molecule has 0 fully saturated rings. The Morgan fingerprint density at radius 3 is 2.67 bits per heavy atom. The number of Topliss-reactive ketones (excluding diaryl/α,β-unsaturated/α-hetero) is 1. The van der Waals surface area contributed by atoms with Gasteiger partial charge < -0.3 is 10.6 Å². The van der Waals surface area contributed by atoms with Crippen LogP contribution in [0.15, 0.2) is 83.2 Å². The highest BCUT2D eigenvalue weighted by Crippen LogP contribution is 2.30. The van der Waals surface area contributed by atoms with E-state index in [0.29, 0.717) is 17.8 Å². The fraction of sp³-hybridized carbons (Fsp3) is 0.185. The van der Waals surface area contributed by atoms with Crippen molar-refractivity contribution >= 4 is 38.6 Å². The third-order valence-electron chi connectivity index (χ3n) is 6.34. The third kappa shape index (κ3) is 3.96. The quantitative estimate of drug-likeness (QED) is 0.467. The van der Waals surface area contributed by atoms with Crippen LogP contribution in [0.3, 0.4) is 0 Å². The Morgan fingerprint density at radius 1 is 1.09 bits per heavy atom. The van der Waals surface area contributed by atoms with Crippen molar-refractivity contribution in [2.45, 2.75) is 18.5 Å². The maximum absolute atomic E-state index is 14.7. The van der Waals surface area contributed by atoms with Crippen LogP contribution >= 0.6 is 11.3 Å². The fourth-order valence-corrected chi connectivity index (χ4v) is 5.36. The Hall–Kier alpha value is -3.35. The van der Waals surface area contributed by atoms with Gasteiger partial charge in [-0.2, -0.15) is 0 Å². The molecule has 2 heterocycles. The molecule has 5 rings (SSSR count). The van der Waals surface area contributed by atoms with Crippen molar-refractivity contribution in [2.75, 3.05) is 18.5 Å². The van der Waals surface area contributed by atoms with E-state index in [1.165, 1.54) is 6.07 Å². The molecule has 1 aromatic heterocycles. The van der Waals surface area contributed by atoms with Gasteiger partial charge in [0.25, 0.3) is 0 Å². The summed E-state index contributed by atoms with van der Waals surface area (Å²) >= 11 is 1.66. The van der Waals surface area contributed by atoms with Crippen LogP contribution in [0.4, 0.5) is 10.1 Å². The van der Waals surface area contributed by atoms with Gasteiger partial charge >= 0.3 is 0 Å². The number of likely N-dealkylation sites (N-methyl/N-ethyl adjacent to an activating group) is 1. The Kier molecular flexibility index (Phi) is 5.79. The second-order valence-electron chi connectivity index (χ2n) is 8.28. The second-order valence-corrected chi connectivity index (χ2v) is 9.23. The number of halogens is 1. The number of aliphatic imine (C=N–C) groups is 1. The van der Waals surface area contributed by atoms with Gasteiger partial charge in [0.15, 0.2) is 5.78 Å². The molecule has 6 heteroatoms. The molecule has 0 radical (unpaired) electrons. The van der Waals surface area contributed by atoms with E-state index in [1.807, 2.05) is 59.8 Å². The molecule has 0 amide bonds. The van der Waals surface area contributed by atoms with Gasteiger partial charge in [-0.3, -0.25) is 9.79 Å². The van der Waals surface area contributed by atoms with Gasteiger partial charge in [0.1, 0.15) is 5.82 Å². The molecular formula is C27H24FN3OS. The number of carbonyl (C=O) groups is 1. The SMILES string of the molecule is CN1c2ccccc2C(c2ccccc2F)=NCC1C(N)C(=O)Cc1cccc2sccc12. The topological polar surface area (TPSA) is 58.7 Å². The van der Waals surface area contributed by atoms with E-state index in [0.717, 1.165) is 26.9 Å². The molecule has 1 aliphatic heterocycles. The Bertz CT molecular complexity index is 1360. The predicted octanol–water partition coefficient (Wildman–Crippen LogP) is 4.84. The summed E-state index contributed by atoms with van der Waals surface area (Å²) in [5, 5.41) is 3.13. The number of nitrogens with two attached hydrogens (primary N) is 1. The van der Waals surface area contributed by atoms with Gasteiger partial charge in [-0.1, -0.05) is 42.5 Å². The number of carbonyl (C=O) groups excluding carboxylic acids is 1. The van der Waals surface area contributed by atoms with Gasteiger partial charge in [-0.15, -0.1) is 11.3 Å². The molecular weight excluding hydrogens is 433 g/mol. The van der Waals surface area contributed by atoms with Crippen molar-refractivity contribution in [3.63, 3.8) is 0 Å². The molecule has 0 spiro atoms. The minimum Gasteiger partial charge on any atom is -0.367 e. The zero-order chi connectivity index (χ0) is 22.9. The van der Waals surface area contributed by atoms with Crippen LogP contribution in [0.2, 0.25) is 0 Å². The first-order valence-electron chi connectivity index (χ1n) is 10.9. The molecule has 2 unspecified atom stereocenters. The van der Waals surface area contributed by atoms with Gasteiger partial charge in [0.05, 0.1) is 24.3 Å². The Morgan fingerprint density at radius 2 is 1.85 bits per heavy atom. The summed E-state index contributed by atoms with van der Waals surface area (Å²) in [5.74, 6) is -0.357. The normalized spacial score (nSPS) is 16.8. The number of hydrogen-bond donors (Lipinski definition) is 1. The lowest BCUT2D eigenvalue weighted by Gasteiger charge is -2.32. The van der Waals surface area contributed by atoms with E-state index in [-0.39, 0.29) is 24.1 Å². The third-order valence-corrected chi connectivity index (χ3v) is 7.22. The lowest BCUT2D eigenvalue weighted by Crippen LogP contribution is -2.52. The van der Waals surface area contributed by atoms with Crippen molar-refractivity contribution < 1.29 is 9.18 Å². The zero-order valence-corrected chi connectivity index (χ0v) is 19.1. The highest BCUT2D eigenvalue weighted by molar-refractivity contribution is 7.17. The van der Waals surface area contributed by atoms with Crippen molar-refractivity contribution in [3.8, 4) is 0 Å². The summed E-state index contributed by atoms with van der Waals surface area (Å²) in [6, 6.07) is 21.4. The van der Waals surface area contributed by atoms with Crippen LogP contribution in [0.25, 0.3) is 10.1 Å². The highest BCUT2D eigenvalue weighted by Gasteiger charge is 2.32. The smallest absolute Gasteiger partial charge is 0.156 e. The van der Waals surface area contributed by atoms with Gasteiger partial charge in [-0.05, 0) is 46.7 Å². The van der Waals surface area contributed by atoms with Crippen molar-refractivity contribution in [1.82, 2.24) is 0 Å². The monoisotopic (exact) mass is 457 g/mol. The summed E-state index contributed by atoms with van der Waals surface area (Å²) < 4.78 is 15.8. The van der Waals surface area contributed by atoms with Gasteiger partial charge in [0.2, 0.25) is 0 Å². The number of thiophene rings is 1. The van der Waals surface area contributed by atoms with Gasteiger partial charge in [-0.25, -0.2) is 4.39 Å². The number of nitrogens with zero attached hydrogens (tertiary/aromatic N) is 2. The fourth-order valence-electron chi connectivity index (χ4n) is 4.52. The molecule has 166 valence electrons. The second kappa shape index (κ2) is 8.89. The maximum Gasteiger partial charge on any atom is 0.156 e. The number of hydrogen-bond acceptors (Lipinski definition) is 5. The van der Waals surface area contributed by atoms with Crippen LogP contribution in [0, 0.1) is 5.82 Å². The Balaban J connectivity index is 1.48. The molecule has 0 bridgehead atoms. The molecule has 33 heavy (non-hydrogen) atoms. The first-order chi connectivity index (χ1) is 16.0. The van der Waals surface area contributed by atoms with E-state index in [1.54, 1.807) is 29.5 Å². The first kappa shape index (κ1) is 21.5. The van der Waals surface area contributed by atoms with Crippen LogP contribution in [0.5, 0.6) is 0 Å². The first-order valence-corrected chi connectivity index (χ1v) is 11.8. The number of ketones is 1. The van der Waals surface area contributed by atoms with Gasteiger partial charge in [0, 0.05) is 35.0 Å². The van der Waals surface area contributed by atoms with E-state index >= 15 is 0 Å². The lowest BCUT2D eigenvalue weighted by atomic mass is 9.96. The minimum atomic E-state index is -0.735. The van der Waals surface area contributed by atoms with Crippen LogP contribution in [-0.2, 0) is 11.2 Å². The van der Waals surface area contributed by atoms with Crippen LogP contribution < -0.4 is 10.6 Å². The standard InChI is InChI=1S/C27H24FN3OS/c1-31-22-11-5-3-9-20(22)27(19-8-2-4-10-21(19)28)30-16-23(31)26(29)24(32)15-17-7-6-12-25-18(17)13-14-33-25/h2-14,23,26H,15-16,29H2,1H3. The number of benzene rings is 3. The molecule has 3 aromatic carbocycles. The number of rotatable bonds is 5. The van der Waals surface area contributed by atoms with Crippen molar-refractivity contribution in [3.05, 3.63) is 101 Å². The summed E-state index contributed by atoms with van der Waals surface area (Å²) in [7, 11) is 1.93. The molecule has 4 nitrogen and oxygen atoms in total. The van der Waals surface area contributed by atoms with E-state index in [9.17, 15) is 9.18 Å². The molecule has 0 saturated heterocycles. The van der Waals surface area contributed by atoms with E-state index in [2.05, 4.69) is 6.07 Å². The number of anilines is 1. The average Bonchev–Trinajstić information content (AvgIpc) is 3.27. The molecule has 0 saturated carbocycles. The van der Waals surface area contributed by atoms with Crippen molar-refractivity contribution in [1.29, 1.82) is 0 Å². The molecule has 1 aliphatic rings. The van der Waals surface area contributed by atoms with E-state index in [4.69, 9.17) is 10.7 Å². The van der Waals surface area contributed by atoms with Crippen LogP contribution in [0.1, 0.15) is 16.7 Å². The maximum atomic E-state index is 14.7. The number of benzodiazepines with no additional fused rings is 1. The molecule has 4 aromatic rings. The van der Waals surface area contributed by atoms with E-state index < -0.39 is 6.04 Å². The van der Waals surface area contributed by atoms with Crippen molar-refractivity contribution in [2.24, 2.45) is 10.7 Å². The van der Waals surface area contributed by atoms with Crippen LogP contribution in [-0.4, -0.2) is 37.2 Å². The summed E-state index contributed by atoms with van der Waals surface area (Å²) in [6.07, 6.45) is 0.269. The summed E-state index contributed by atoms with van der Waals surface area (Å²) in [4.78, 5) is 20.1. The largest absolute Gasteiger partial charge is 0.367 e. The number of para-hydroxylation sites is 1. The summed E-state index contributed by atoms with van der Waals surface area (Å²) in [5.41, 5.74) is 10.3. The molecule has 2 N–H and O–H groups in total. The summed E-state index contributed by atoms with van der Waals surface area (Å²) in [6.45, 7) is 0.296. The minimum absolute atomic E-state index is 0.0347. The molecule has 2 atom stereocenters. The zero-order valence-electron chi connectivity index (χ0n) is 18.2. The molecule has 0 aliphatic carbocycles. The Labute approximate surface area is 196 Å². The average molecular weight is 458 g/mol. The highest BCUT2D eigenvalue weighted by atomic mass is 32.1. The predicted molar refractivity (Wildman–Crippen MR) is 134 cm³/mol.